The molecule has 0 aromatic heterocycles. The lowest BCUT2D eigenvalue weighted by atomic mass is 9.51. The lowest BCUT2D eigenvalue weighted by Gasteiger charge is -2.54. The van der Waals surface area contributed by atoms with Gasteiger partial charge in [-0.2, -0.15) is 5.10 Å². The van der Waals surface area contributed by atoms with Crippen molar-refractivity contribution >= 4 is 33.7 Å². The van der Waals surface area contributed by atoms with Crippen molar-refractivity contribution in [2.45, 2.75) is 122 Å². The third kappa shape index (κ3) is 7.37. The fourth-order valence-corrected chi connectivity index (χ4v) is 11.0. The average Bonchev–Trinajstić information content (AvgIpc) is 3.38. The molecule has 256 valence electrons. The number of hydrogen-bond donors (Lipinski definition) is 3. The van der Waals surface area contributed by atoms with Gasteiger partial charge in [-0.1, -0.05) is 71.2 Å². The van der Waals surface area contributed by atoms with Crippen molar-refractivity contribution in [3.8, 4) is 0 Å². The summed E-state index contributed by atoms with van der Waals surface area (Å²) < 4.78 is 13.7. The Kier molecular flexibility index (Phi) is 11.3. The number of hydrogen-bond acceptors (Lipinski definition) is 5. The number of anilines is 1. The molecule has 2 aromatic rings. The first-order chi connectivity index (χ1) is 21.8. The van der Waals surface area contributed by atoms with Crippen LogP contribution in [-0.2, 0) is 11.0 Å². The molecule has 7 heteroatoms. The Labute approximate surface area is 281 Å². The molecule has 0 aliphatic heterocycles. The van der Waals surface area contributed by atoms with Crippen molar-refractivity contribution in [1.82, 2.24) is 4.83 Å². The van der Waals surface area contributed by atoms with Crippen LogP contribution in [0, 0.1) is 46.8 Å². The van der Waals surface area contributed by atoms with Crippen molar-refractivity contribution in [1.29, 1.82) is 0 Å². The van der Waals surface area contributed by atoms with Crippen LogP contribution in [0.5, 0.6) is 0 Å². The van der Waals surface area contributed by atoms with Crippen LogP contribution in [0.25, 0.3) is 10.8 Å². The highest BCUT2D eigenvalue weighted by Gasteiger charge is 2.58. The lowest BCUT2D eigenvalue weighted by Crippen LogP contribution is -2.52. The van der Waals surface area contributed by atoms with Gasteiger partial charge in [-0.05, 0) is 117 Å². The van der Waals surface area contributed by atoms with Gasteiger partial charge in [0, 0.05) is 36.8 Å². The van der Waals surface area contributed by atoms with Crippen LogP contribution < -0.4 is 9.73 Å². The van der Waals surface area contributed by atoms with Gasteiger partial charge in [0.05, 0.1) is 16.6 Å². The third-order valence-corrected chi connectivity index (χ3v) is 13.6. The molecule has 0 radical (unpaired) electrons. The summed E-state index contributed by atoms with van der Waals surface area (Å²) in [6, 6.07) is 12.1. The molecule has 0 saturated heterocycles. The number of nitrogens with one attached hydrogen (secondary N) is 1. The minimum atomic E-state index is -1.52. The van der Waals surface area contributed by atoms with Crippen molar-refractivity contribution in [2.24, 2.45) is 51.9 Å². The van der Waals surface area contributed by atoms with E-state index in [9.17, 15) is 14.4 Å². The summed E-state index contributed by atoms with van der Waals surface area (Å²) in [5, 5.41) is 29.6. The van der Waals surface area contributed by atoms with E-state index in [0.29, 0.717) is 37.0 Å². The maximum Gasteiger partial charge on any atom is 0.166 e. The average molecular weight is 652 g/mol. The normalized spacial score (nSPS) is 34.8. The Morgan fingerprint density at radius 2 is 1.70 bits per heavy atom. The summed E-state index contributed by atoms with van der Waals surface area (Å²) in [5.41, 5.74) is 0.510. The predicted octanol–water partition coefficient (Wildman–Crippen LogP) is 8.33. The molecule has 10 atom stereocenters. The highest BCUT2D eigenvalue weighted by molar-refractivity contribution is 7.83. The molecule has 3 saturated carbocycles. The molecule has 5 rings (SSSR count). The molecule has 0 spiro atoms. The van der Waals surface area contributed by atoms with Crippen molar-refractivity contribution in [2.75, 3.05) is 19.0 Å². The fraction of sp³-hybridized carbons (Fsp3) is 0.718. The number of benzene rings is 2. The Morgan fingerprint density at radius 1 is 0.957 bits per heavy atom. The maximum absolute atomic E-state index is 13.7. The standard InChI is InChI=1S/C39H61N3O3S/c1-26(2)11-8-12-27(3)32-19-20-33-37-28(17-18-29(43)21-24-39(5,44)34(37)22-23-38(32,33)4)25-40-41-46(45)36-16-10-13-30-31(36)14-9-15-35(30)42(6)7/h9-10,13-16,25-29,32-34,37,41,43-44H,8,11-12,17-24H2,1-7H3/b40-25+/t27-,28-,29-,32-,33?,34+,37+,38-,39-,46?/m1/s1. The maximum atomic E-state index is 13.7. The molecule has 3 aliphatic carbocycles. The third-order valence-electron chi connectivity index (χ3n) is 12.6. The quantitative estimate of drug-likeness (QED) is 0.178. The van der Waals surface area contributed by atoms with Crippen LogP contribution in [0.15, 0.2) is 46.4 Å². The topological polar surface area (TPSA) is 85.2 Å². The van der Waals surface area contributed by atoms with E-state index in [1.807, 2.05) is 51.5 Å². The minimum Gasteiger partial charge on any atom is -0.393 e. The zero-order valence-electron chi connectivity index (χ0n) is 29.5. The monoisotopic (exact) mass is 651 g/mol. The van der Waals surface area contributed by atoms with Crippen LogP contribution >= 0.6 is 0 Å². The summed E-state index contributed by atoms with van der Waals surface area (Å²) in [5.74, 6) is 3.21. The molecular formula is C39H61N3O3S. The van der Waals surface area contributed by atoms with Crippen LogP contribution in [0.1, 0.15) is 105 Å². The van der Waals surface area contributed by atoms with Gasteiger partial charge in [-0.15, -0.1) is 0 Å². The smallest absolute Gasteiger partial charge is 0.166 e. The Hall–Kier alpha value is -1.96. The van der Waals surface area contributed by atoms with Gasteiger partial charge in [-0.25, -0.2) is 9.04 Å². The lowest BCUT2D eigenvalue weighted by molar-refractivity contribution is -0.109. The van der Waals surface area contributed by atoms with E-state index in [-0.39, 0.29) is 23.2 Å². The zero-order valence-corrected chi connectivity index (χ0v) is 30.4. The van der Waals surface area contributed by atoms with E-state index in [4.69, 9.17) is 5.10 Å². The van der Waals surface area contributed by atoms with Gasteiger partial charge >= 0.3 is 0 Å². The SMILES string of the molecule is CC(C)CCC[C@@H](C)[C@H]1CCC2[C@@H]3[C@@H](/C=N/NS(=O)c4cccc5c(N(C)C)cccc45)CC[C@@H](O)CC[C@@](C)(O)[C@H]3CC[C@@]21C. The minimum absolute atomic E-state index is 0.0983. The predicted molar refractivity (Wildman–Crippen MR) is 193 cm³/mol. The van der Waals surface area contributed by atoms with E-state index in [1.165, 1.54) is 38.5 Å². The summed E-state index contributed by atoms with van der Waals surface area (Å²) >= 11 is 0. The number of nitrogens with zero attached hydrogens (tertiary/aromatic N) is 2. The van der Waals surface area contributed by atoms with E-state index in [0.717, 1.165) is 40.1 Å². The fourth-order valence-electron chi connectivity index (χ4n) is 10.1. The molecule has 3 N–H and O–H groups in total. The van der Waals surface area contributed by atoms with Gasteiger partial charge in [-0.3, -0.25) is 0 Å². The van der Waals surface area contributed by atoms with E-state index >= 15 is 0 Å². The molecule has 2 aromatic carbocycles. The molecule has 0 bridgehead atoms. The number of rotatable bonds is 10. The first-order valence-corrected chi connectivity index (χ1v) is 19.3. The number of fused-ring (bicyclic) bond motifs is 4. The Bertz CT molecular complexity index is 1380. The summed E-state index contributed by atoms with van der Waals surface area (Å²) in [4.78, 5) is 5.80. The second kappa shape index (κ2) is 14.7. The summed E-state index contributed by atoms with van der Waals surface area (Å²) in [7, 11) is 2.52. The van der Waals surface area contributed by atoms with Gasteiger partial charge in [0.2, 0.25) is 0 Å². The van der Waals surface area contributed by atoms with Crippen LogP contribution in [0.3, 0.4) is 0 Å². The van der Waals surface area contributed by atoms with Gasteiger partial charge < -0.3 is 15.1 Å². The summed E-state index contributed by atoms with van der Waals surface area (Å²) in [6.45, 7) is 11.7. The highest BCUT2D eigenvalue weighted by Crippen LogP contribution is 2.64. The first-order valence-electron chi connectivity index (χ1n) is 18.1. The van der Waals surface area contributed by atoms with Gasteiger partial charge in [0.1, 0.15) is 0 Å². The molecule has 6 nitrogen and oxygen atoms in total. The van der Waals surface area contributed by atoms with Crippen molar-refractivity contribution < 1.29 is 14.4 Å². The molecular weight excluding hydrogens is 591 g/mol. The Balaban J connectivity index is 1.41. The van der Waals surface area contributed by atoms with Gasteiger partial charge in [0.15, 0.2) is 11.0 Å². The highest BCUT2D eigenvalue weighted by atomic mass is 32.2. The molecule has 46 heavy (non-hydrogen) atoms. The van der Waals surface area contributed by atoms with Crippen LogP contribution in [-0.4, -0.2) is 46.4 Å². The van der Waals surface area contributed by atoms with E-state index in [1.54, 1.807) is 0 Å². The van der Waals surface area contributed by atoms with E-state index < -0.39 is 22.7 Å². The van der Waals surface area contributed by atoms with Crippen LogP contribution in [0.4, 0.5) is 5.69 Å². The first kappa shape index (κ1) is 35.3. The van der Waals surface area contributed by atoms with Crippen molar-refractivity contribution in [3.63, 3.8) is 0 Å². The van der Waals surface area contributed by atoms with E-state index in [2.05, 4.69) is 49.6 Å². The molecule has 2 unspecified atom stereocenters. The second-order valence-electron chi connectivity index (χ2n) is 16.3. The van der Waals surface area contributed by atoms with Crippen molar-refractivity contribution in [3.05, 3.63) is 36.4 Å². The molecule has 3 aliphatic rings. The van der Waals surface area contributed by atoms with Crippen LogP contribution in [0.2, 0.25) is 0 Å². The molecule has 0 heterocycles. The Morgan fingerprint density at radius 3 is 2.43 bits per heavy atom. The zero-order chi connectivity index (χ0) is 33.2. The molecule has 3 fully saturated rings. The van der Waals surface area contributed by atoms with Gasteiger partial charge in [0.25, 0.3) is 0 Å². The molecule has 0 amide bonds. The second-order valence-corrected chi connectivity index (χ2v) is 17.4. The number of aliphatic hydroxyl groups excluding tert-OH is 1. The summed E-state index contributed by atoms with van der Waals surface area (Å²) in [6.07, 6.45) is 12.9. The largest absolute Gasteiger partial charge is 0.393 e. The number of aliphatic hydroxyl groups is 2. The number of hydrazone groups is 1.